The smallest absolute Gasteiger partial charge is 0.377 e. The molecular weight excluding hydrogens is 1430 g/mol. The number of halogens is 6. The quantitative estimate of drug-likeness (QED) is 0.112. The van der Waals surface area contributed by atoms with Gasteiger partial charge in [0.1, 0.15) is 53.9 Å². The number of ether oxygens (including phenoxy) is 1. The molecule has 3 N–H and O–H groups in total. The molecule has 7 rings (SSSR count). The second-order valence-corrected chi connectivity index (χ2v) is 33.5. The zero-order valence-corrected chi connectivity index (χ0v) is 67.0. The number of rotatable bonds is 14. The van der Waals surface area contributed by atoms with E-state index >= 15 is 28.8 Å². The van der Waals surface area contributed by atoms with Crippen LogP contribution in [0.2, 0.25) is 0 Å². The average Bonchev–Trinajstić information content (AvgIpc) is 1.48. The van der Waals surface area contributed by atoms with E-state index in [-0.39, 0.29) is 135 Å². The monoisotopic (exact) mass is 1550 g/mol. The van der Waals surface area contributed by atoms with Gasteiger partial charge in [-0.2, -0.15) is 26.3 Å². The number of carbonyl (C=O) groups excluding carboxylic acids is 12. The fourth-order valence-electron chi connectivity index (χ4n) is 18.5. The second kappa shape index (κ2) is 38.0. The van der Waals surface area contributed by atoms with Gasteiger partial charge in [0.15, 0.2) is 0 Å². The van der Waals surface area contributed by atoms with E-state index in [1.165, 1.54) is 80.9 Å². The van der Waals surface area contributed by atoms with Crippen molar-refractivity contribution >= 4 is 70.9 Å². The fraction of sp³-hybridized carbons (Fsp3) is 0.821. The Bertz CT molecular complexity index is 3260. The zero-order chi connectivity index (χ0) is 81.1. The Balaban J connectivity index is 1.34. The highest BCUT2D eigenvalue weighted by atomic mass is 19.4. The lowest BCUT2D eigenvalue weighted by Gasteiger charge is -2.54. The molecule has 7 aliphatic rings. The number of nitrogens with one attached hydrogen (secondary N) is 3. The van der Waals surface area contributed by atoms with E-state index in [0.29, 0.717) is 38.5 Å². The van der Waals surface area contributed by atoms with Gasteiger partial charge in [-0.15, -0.1) is 0 Å². The lowest BCUT2D eigenvalue weighted by Crippen LogP contribution is -2.71. The van der Waals surface area contributed by atoms with Gasteiger partial charge in [0.25, 0.3) is 0 Å². The topological polar surface area (TPSA) is 279 Å². The summed E-state index contributed by atoms with van der Waals surface area (Å²) in [5, 5.41) is 8.75. The molecule has 3 unspecified atom stereocenters. The molecular formula is C78H124F6N12O13. The molecule has 616 valence electrons. The van der Waals surface area contributed by atoms with Crippen molar-refractivity contribution in [1.29, 1.82) is 0 Å². The molecule has 1 spiro atoms. The third-order valence-corrected chi connectivity index (χ3v) is 24.9. The Morgan fingerprint density at radius 3 is 1.85 bits per heavy atom. The summed E-state index contributed by atoms with van der Waals surface area (Å²) in [6, 6.07) is -10.8. The van der Waals surface area contributed by atoms with Gasteiger partial charge in [0, 0.05) is 82.5 Å². The number of nitrogens with zero attached hydrogens (tertiary/aromatic N) is 9. The van der Waals surface area contributed by atoms with Gasteiger partial charge in [0.2, 0.25) is 70.9 Å². The summed E-state index contributed by atoms with van der Waals surface area (Å²) in [7, 11) is 11.2. The first-order valence-corrected chi connectivity index (χ1v) is 39.7. The largest absolute Gasteiger partial charge is 0.392 e. The van der Waals surface area contributed by atoms with Crippen LogP contribution >= 0.6 is 0 Å². The van der Waals surface area contributed by atoms with Crippen LogP contribution in [-0.2, 0) is 62.3 Å². The van der Waals surface area contributed by atoms with Crippen molar-refractivity contribution in [3.63, 3.8) is 0 Å². The van der Waals surface area contributed by atoms with Crippen LogP contribution in [0.15, 0.2) is 12.2 Å². The number of fused-ring (bicyclic) bond motifs is 3. The molecule has 3 heterocycles. The van der Waals surface area contributed by atoms with E-state index in [0.717, 1.165) is 19.6 Å². The minimum Gasteiger partial charge on any atom is -0.377 e. The van der Waals surface area contributed by atoms with E-state index < -0.39 is 204 Å². The molecule has 0 radical (unpaired) electrons. The standard InChI is InChI=1S/C78H124F6N12O13/c1-16-25-56-66(100)86-64(47(5)17-2)72(106)90(11)44-63(99)92(13)57-28-21-20-24-37-95(71(57)105)60(39-49-29-33-52(34-30-49)77(79,80)81)70(104)89(10)43-61(97)85-55(36-32-48-31-35-54(78(82,83)84)50(18-3)38-48)68(102)96-42-53(109-19-4)40-58(96)67(101)87-76(45-75(6,7)46-76)74(108)94(15)65(51-26-22-23-27-51)73(107)93(14)59(69(103)88(8)9)41-62(98)91(56)12/h20-21,47-60,64-65H,16-19,22-46H2,1-15H3,(H,85,97)(H,86,100)(H,87,101)/b21-20-/t47-,48?,49?,50?,52?,53+,54?,55-,56-,57-,58-,59-,60-,64-,65-/m0/s1. The average molecular weight is 1550 g/mol. The van der Waals surface area contributed by atoms with Gasteiger partial charge < -0.3 is 64.8 Å². The van der Waals surface area contributed by atoms with Crippen molar-refractivity contribution < 1.29 is 88.6 Å². The second-order valence-electron chi connectivity index (χ2n) is 33.5. The van der Waals surface area contributed by atoms with Crippen molar-refractivity contribution in [3.05, 3.63) is 12.2 Å². The summed E-state index contributed by atoms with van der Waals surface area (Å²) in [4.78, 5) is 193. The van der Waals surface area contributed by atoms with Gasteiger partial charge in [-0.25, -0.2) is 0 Å². The van der Waals surface area contributed by atoms with Crippen LogP contribution in [-0.4, -0.2) is 276 Å². The van der Waals surface area contributed by atoms with Crippen LogP contribution in [0.5, 0.6) is 0 Å². The minimum absolute atomic E-state index is 0.0421. The van der Waals surface area contributed by atoms with E-state index in [1.54, 1.807) is 46.8 Å². The SMILES string of the molecule is CCC[C@H]1C(=O)N[C@@H]([C@@H](C)CC)C(=O)N(C)CC(=O)N(C)[C@H]2C/C=C\CCN(C2=O)[C@@H](CC2CCC(C(F)(F)F)CC2)C(=O)N(C)CC(=O)N[C@@H](CCC2CCC(C(F)(F)F)C(CC)C2)C(=O)N2C[C@H](OCC)C[C@H]2C(=O)NC2(CC(C)(C)C2)C(=O)N(C)[C@@H](C2CCCC2)C(=O)N(C)[C@H](C(=O)N(C)C)CC(=O)N1C. The minimum atomic E-state index is -4.47. The maximum absolute atomic E-state index is 15.8. The summed E-state index contributed by atoms with van der Waals surface area (Å²) in [6.07, 6.45) is -3.52. The van der Waals surface area contributed by atoms with Crippen molar-refractivity contribution in [2.24, 2.45) is 46.8 Å². The molecule has 2 saturated heterocycles. The summed E-state index contributed by atoms with van der Waals surface area (Å²) in [6.45, 7) is 11.0. The third-order valence-electron chi connectivity index (χ3n) is 24.9. The Morgan fingerprint density at radius 2 is 1.28 bits per heavy atom. The van der Waals surface area contributed by atoms with E-state index in [4.69, 9.17) is 4.74 Å². The van der Waals surface area contributed by atoms with E-state index in [9.17, 15) is 55.1 Å². The lowest BCUT2D eigenvalue weighted by molar-refractivity contribution is -0.199. The van der Waals surface area contributed by atoms with Crippen LogP contribution in [0.25, 0.3) is 0 Å². The lowest BCUT2D eigenvalue weighted by atomic mass is 9.58. The van der Waals surface area contributed by atoms with Gasteiger partial charge in [-0.05, 0) is 151 Å². The first-order valence-electron chi connectivity index (χ1n) is 39.7. The molecule has 0 aromatic heterocycles. The molecule has 3 aliphatic heterocycles. The number of alkyl halides is 6. The molecule has 2 bridgehead atoms. The molecule has 6 fully saturated rings. The highest BCUT2D eigenvalue weighted by Gasteiger charge is 2.60. The van der Waals surface area contributed by atoms with Crippen LogP contribution < -0.4 is 16.0 Å². The van der Waals surface area contributed by atoms with Crippen LogP contribution in [0.3, 0.4) is 0 Å². The van der Waals surface area contributed by atoms with Gasteiger partial charge in [-0.1, -0.05) is 85.8 Å². The van der Waals surface area contributed by atoms with Gasteiger partial charge in [0.05, 0.1) is 37.5 Å². The van der Waals surface area contributed by atoms with E-state index in [1.807, 2.05) is 13.8 Å². The molecule has 0 aromatic rings. The molecule has 109 heavy (non-hydrogen) atoms. The van der Waals surface area contributed by atoms with Crippen LogP contribution in [0, 0.1) is 46.8 Å². The Kier molecular flexibility index (Phi) is 31.0. The summed E-state index contributed by atoms with van der Waals surface area (Å²) < 4.78 is 91.9. The van der Waals surface area contributed by atoms with Crippen molar-refractivity contribution in [1.82, 2.24) is 60.0 Å². The predicted octanol–water partition coefficient (Wildman–Crippen LogP) is 7.48. The number of hydrogen-bond donors (Lipinski definition) is 3. The van der Waals surface area contributed by atoms with Crippen molar-refractivity contribution in [3.8, 4) is 0 Å². The molecule has 4 saturated carbocycles. The summed E-state index contributed by atoms with van der Waals surface area (Å²) in [5.41, 5.74) is -2.24. The Labute approximate surface area is 640 Å². The Hall–Kier alpha value is -7.08. The van der Waals surface area contributed by atoms with Gasteiger partial charge >= 0.3 is 12.4 Å². The first kappa shape index (κ1) is 89.1. The summed E-state index contributed by atoms with van der Waals surface area (Å²) >= 11 is 0. The molecule has 31 heteroatoms. The maximum Gasteiger partial charge on any atom is 0.392 e. The highest BCUT2D eigenvalue weighted by Crippen LogP contribution is 2.51. The number of likely N-dealkylation sites (N-methyl/N-ethyl adjacent to an activating group) is 7. The molecule has 13 atom stereocenters. The number of amides is 12. The maximum atomic E-state index is 15.8. The third kappa shape index (κ3) is 21.8. The Morgan fingerprint density at radius 1 is 0.642 bits per heavy atom. The van der Waals surface area contributed by atoms with E-state index in [2.05, 4.69) is 16.0 Å². The summed E-state index contributed by atoms with van der Waals surface area (Å²) in [5.74, 6) is -14.4. The highest BCUT2D eigenvalue weighted by molar-refractivity contribution is 6.01. The number of carbonyl (C=O) groups is 12. The number of hydrogen-bond acceptors (Lipinski definition) is 13. The van der Waals surface area contributed by atoms with Crippen LogP contribution in [0.1, 0.15) is 203 Å². The molecule has 4 aliphatic carbocycles. The first-order chi connectivity index (χ1) is 51.0. The van der Waals surface area contributed by atoms with Gasteiger partial charge in [-0.3, -0.25) is 57.5 Å². The predicted molar refractivity (Wildman–Crippen MR) is 394 cm³/mol. The van der Waals surface area contributed by atoms with Crippen molar-refractivity contribution in [2.75, 3.05) is 89.2 Å². The zero-order valence-electron chi connectivity index (χ0n) is 67.0. The van der Waals surface area contributed by atoms with Crippen LogP contribution in [0.4, 0.5) is 26.3 Å². The normalized spacial score (nSPS) is 31.6. The fourth-order valence-corrected chi connectivity index (χ4v) is 18.5. The molecule has 12 amide bonds. The molecule has 25 nitrogen and oxygen atoms in total. The molecule has 0 aromatic carbocycles. The van der Waals surface area contributed by atoms with Crippen molar-refractivity contribution in [2.45, 2.75) is 275 Å².